The van der Waals surface area contributed by atoms with Crippen LogP contribution in [0.5, 0.6) is 0 Å². The van der Waals surface area contributed by atoms with Crippen molar-refractivity contribution in [3.05, 3.63) is 60.6 Å². The largest absolute Gasteiger partial charge is 0.364 e. The van der Waals surface area contributed by atoms with E-state index in [1.807, 2.05) is 53.1 Å². The number of carbonyl (C=O) groups is 1. The van der Waals surface area contributed by atoms with Crippen molar-refractivity contribution in [1.82, 2.24) is 25.0 Å². The fraction of sp³-hybridized carbons (Fsp3) is 0. The molecular weight excluding hydrogens is 292 g/mol. The fourth-order valence-corrected chi connectivity index (χ4v) is 2.55. The maximum atomic E-state index is 11.3. The van der Waals surface area contributed by atoms with Crippen LogP contribution >= 0.6 is 0 Å². The van der Waals surface area contributed by atoms with E-state index in [1.54, 1.807) is 6.33 Å². The van der Waals surface area contributed by atoms with Crippen LogP contribution in [0.4, 0.5) is 0 Å². The Morgan fingerprint density at radius 2 is 1.83 bits per heavy atom. The Bertz CT molecular complexity index is 999. The van der Waals surface area contributed by atoms with Gasteiger partial charge in [-0.2, -0.15) is 15.4 Å². The molecule has 2 heterocycles. The minimum atomic E-state index is -0.613. The number of nitrogens with one attached hydrogen (secondary N) is 1. The zero-order valence-corrected chi connectivity index (χ0v) is 12.0. The summed E-state index contributed by atoms with van der Waals surface area (Å²) < 4.78 is 2.00. The van der Waals surface area contributed by atoms with Crippen LogP contribution in [0.15, 0.2) is 54.9 Å². The molecule has 0 aliphatic rings. The first kappa shape index (κ1) is 13.2. The summed E-state index contributed by atoms with van der Waals surface area (Å²) in [5.74, 6) is -0.613. The second-order valence-corrected chi connectivity index (χ2v) is 5.04. The van der Waals surface area contributed by atoms with E-state index in [-0.39, 0.29) is 5.69 Å². The van der Waals surface area contributed by atoms with Crippen molar-refractivity contribution in [2.24, 2.45) is 5.73 Å². The lowest BCUT2D eigenvalue weighted by atomic mass is 10.1. The average Bonchev–Trinajstić information content (AvgIpc) is 3.22. The van der Waals surface area contributed by atoms with Gasteiger partial charge in [-0.15, -0.1) is 0 Å². The standard InChI is InChI=1S/C16H12N6O/c17-16(23)15-14(19-21-20-15)10-5-7-11(8-6-10)22-9-18-12-3-1-2-4-13(12)22/h1-9H,(H2,17,23)(H,19,20,21). The number of para-hydroxylation sites is 2. The summed E-state index contributed by atoms with van der Waals surface area (Å²) in [5, 5.41) is 10.2. The predicted octanol–water partition coefficient (Wildman–Crippen LogP) is 1.91. The number of primary amides is 1. The number of nitrogens with zero attached hydrogens (tertiary/aromatic N) is 4. The molecule has 2 aromatic heterocycles. The average molecular weight is 304 g/mol. The number of imidazole rings is 1. The Balaban J connectivity index is 1.76. The van der Waals surface area contributed by atoms with Crippen LogP contribution in [0.25, 0.3) is 28.0 Å². The van der Waals surface area contributed by atoms with Crippen LogP contribution < -0.4 is 5.73 Å². The number of amides is 1. The highest BCUT2D eigenvalue weighted by atomic mass is 16.1. The number of benzene rings is 2. The minimum Gasteiger partial charge on any atom is -0.364 e. The highest BCUT2D eigenvalue weighted by Crippen LogP contribution is 2.23. The second kappa shape index (κ2) is 5.06. The summed E-state index contributed by atoms with van der Waals surface area (Å²) in [5.41, 5.74) is 9.56. The molecule has 0 radical (unpaired) electrons. The van der Waals surface area contributed by atoms with Gasteiger partial charge in [-0.05, 0) is 24.3 Å². The molecule has 3 N–H and O–H groups in total. The molecule has 23 heavy (non-hydrogen) atoms. The van der Waals surface area contributed by atoms with E-state index in [0.717, 1.165) is 22.3 Å². The zero-order valence-electron chi connectivity index (χ0n) is 12.0. The predicted molar refractivity (Wildman–Crippen MR) is 85.0 cm³/mol. The number of aromatic amines is 1. The monoisotopic (exact) mass is 304 g/mol. The molecular formula is C16H12N6O. The highest BCUT2D eigenvalue weighted by molar-refractivity contribution is 5.96. The lowest BCUT2D eigenvalue weighted by Gasteiger charge is -2.05. The van der Waals surface area contributed by atoms with Crippen LogP contribution in [-0.4, -0.2) is 30.9 Å². The van der Waals surface area contributed by atoms with Gasteiger partial charge < -0.3 is 5.73 Å². The number of fused-ring (bicyclic) bond motifs is 1. The van der Waals surface area contributed by atoms with E-state index in [4.69, 9.17) is 5.73 Å². The van der Waals surface area contributed by atoms with Gasteiger partial charge in [0.05, 0.1) is 11.0 Å². The van der Waals surface area contributed by atoms with Crippen LogP contribution in [0, 0.1) is 0 Å². The summed E-state index contributed by atoms with van der Waals surface area (Å²) in [6.45, 7) is 0. The normalized spacial score (nSPS) is 11.0. The van der Waals surface area contributed by atoms with Crippen molar-refractivity contribution < 1.29 is 4.79 Å². The van der Waals surface area contributed by atoms with E-state index in [0.29, 0.717) is 5.69 Å². The number of carbonyl (C=O) groups excluding carboxylic acids is 1. The Hall–Kier alpha value is -3.48. The quantitative estimate of drug-likeness (QED) is 0.603. The van der Waals surface area contributed by atoms with Gasteiger partial charge in [0.25, 0.3) is 5.91 Å². The van der Waals surface area contributed by atoms with E-state index in [1.165, 1.54) is 0 Å². The maximum Gasteiger partial charge on any atom is 0.271 e. The van der Waals surface area contributed by atoms with Crippen molar-refractivity contribution in [2.75, 3.05) is 0 Å². The zero-order chi connectivity index (χ0) is 15.8. The summed E-state index contributed by atoms with van der Waals surface area (Å²) in [4.78, 5) is 15.7. The van der Waals surface area contributed by atoms with Gasteiger partial charge in [-0.3, -0.25) is 9.36 Å². The van der Waals surface area contributed by atoms with E-state index >= 15 is 0 Å². The van der Waals surface area contributed by atoms with E-state index < -0.39 is 5.91 Å². The number of H-pyrrole nitrogens is 1. The minimum absolute atomic E-state index is 0.130. The molecule has 112 valence electrons. The smallest absolute Gasteiger partial charge is 0.271 e. The molecule has 7 nitrogen and oxygen atoms in total. The molecule has 0 unspecified atom stereocenters. The lowest BCUT2D eigenvalue weighted by molar-refractivity contribution is 0.0996. The SMILES string of the molecule is NC(=O)c1n[nH]nc1-c1ccc(-n2cnc3ccccc32)cc1. The molecule has 0 saturated heterocycles. The van der Waals surface area contributed by atoms with Gasteiger partial charge >= 0.3 is 0 Å². The Morgan fingerprint density at radius 1 is 1.04 bits per heavy atom. The molecule has 1 amide bonds. The molecule has 0 spiro atoms. The van der Waals surface area contributed by atoms with Crippen molar-refractivity contribution in [2.45, 2.75) is 0 Å². The maximum absolute atomic E-state index is 11.3. The first-order valence-electron chi connectivity index (χ1n) is 6.97. The Kier molecular flexibility index (Phi) is 2.90. The van der Waals surface area contributed by atoms with Gasteiger partial charge in [0.2, 0.25) is 0 Å². The molecule has 2 aromatic carbocycles. The van der Waals surface area contributed by atoms with Crippen molar-refractivity contribution in [3.8, 4) is 16.9 Å². The Labute approximate surface area is 130 Å². The number of hydrogen-bond acceptors (Lipinski definition) is 4. The van der Waals surface area contributed by atoms with Crippen molar-refractivity contribution in [1.29, 1.82) is 0 Å². The summed E-state index contributed by atoms with van der Waals surface area (Å²) in [6, 6.07) is 15.5. The van der Waals surface area contributed by atoms with Gasteiger partial charge in [0.1, 0.15) is 12.0 Å². The first-order valence-corrected chi connectivity index (χ1v) is 6.97. The lowest BCUT2D eigenvalue weighted by Crippen LogP contribution is -2.12. The van der Waals surface area contributed by atoms with Crippen LogP contribution in [0.3, 0.4) is 0 Å². The van der Waals surface area contributed by atoms with Gasteiger partial charge in [-0.1, -0.05) is 24.3 Å². The molecule has 7 heteroatoms. The van der Waals surface area contributed by atoms with E-state index in [2.05, 4.69) is 20.4 Å². The summed E-state index contributed by atoms with van der Waals surface area (Å²) in [7, 11) is 0. The third kappa shape index (κ3) is 2.15. The number of aromatic nitrogens is 5. The fourth-order valence-electron chi connectivity index (χ4n) is 2.55. The summed E-state index contributed by atoms with van der Waals surface area (Å²) in [6.07, 6.45) is 1.78. The molecule has 4 aromatic rings. The summed E-state index contributed by atoms with van der Waals surface area (Å²) >= 11 is 0. The Morgan fingerprint density at radius 3 is 2.61 bits per heavy atom. The first-order chi connectivity index (χ1) is 11.2. The second-order valence-electron chi connectivity index (χ2n) is 5.04. The third-order valence-corrected chi connectivity index (χ3v) is 3.65. The van der Waals surface area contributed by atoms with Crippen molar-refractivity contribution >= 4 is 16.9 Å². The molecule has 0 saturated carbocycles. The third-order valence-electron chi connectivity index (χ3n) is 3.65. The topological polar surface area (TPSA) is 102 Å². The number of hydrogen-bond donors (Lipinski definition) is 2. The number of nitrogens with two attached hydrogens (primary N) is 1. The van der Waals surface area contributed by atoms with Crippen molar-refractivity contribution in [3.63, 3.8) is 0 Å². The number of rotatable bonds is 3. The molecule has 0 bridgehead atoms. The molecule has 0 aliphatic carbocycles. The van der Waals surface area contributed by atoms with Crippen LogP contribution in [0.2, 0.25) is 0 Å². The van der Waals surface area contributed by atoms with Crippen LogP contribution in [-0.2, 0) is 0 Å². The molecule has 4 rings (SSSR count). The van der Waals surface area contributed by atoms with Gasteiger partial charge in [0, 0.05) is 11.3 Å². The molecule has 0 aliphatic heterocycles. The van der Waals surface area contributed by atoms with E-state index in [9.17, 15) is 4.79 Å². The van der Waals surface area contributed by atoms with Gasteiger partial charge in [0.15, 0.2) is 5.69 Å². The molecule has 0 fully saturated rings. The van der Waals surface area contributed by atoms with Crippen LogP contribution in [0.1, 0.15) is 10.5 Å². The van der Waals surface area contributed by atoms with Gasteiger partial charge in [-0.25, -0.2) is 4.98 Å². The molecule has 0 atom stereocenters. The highest BCUT2D eigenvalue weighted by Gasteiger charge is 2.15.